The minimum atomic E-state index is -0.762. The van der Waals surface area contributed by atoms with Crippen molar-refractivity contribution in [3.05, 3.63) is 0 Å². The Balaban J connectivity index is 2.11. The molecule has 0 spiro atoms. The lowest BCUT2D eigenvalue weighted by Crippen LogP contribution is -2.58. The average molecular weight is 269 g/mol. The highest BCUT2D eigenvalue weighted by Gasteiger charge is 2.48. The predicted molar refractivity (Wildman–Crippen MR) is 69.7 cm³/mol. The molecule has 19 heavy (non-hydrogen) atoms. The number of hydrogen-bond donors (Lipinski definition) is 1. The number of likely N-dealkylation sites (tertiary alicyclic amines) is 1. The highest BCUT2D eigenvalue weighted by molar-refractivity contribution is 5.85. The zero-order valence-electron chi connectivity index (χ0n) is 11.8. The molecule has 5 nitrogen and oxygen atoms in total. The van der Waals surface area contributed by atoms with Crippen LogP contribution in [0.15, 0.2) is 0 Å². The highest BCUT2D eigenvalue weighted by Crippen LogP contribution is 2.38. The molecule has 108 valence electrons. The van der Waals surface area contributed by atoms with Crippen LogP contribution in [0.25, 0.3) is 0 Å². The predicted octanol–water partition coefficient (Wildman–Crippen LogP) is 1.52. The summed E-state index contributed by atoms with van der Waals surface area (Å²) in [4.78, 5) is 25.8. The summed E-state index contributed by atoms with van der Waals surface area (Å²) < 4.78 is 5.13. The number of amides is 1. The summed E-state index contributed by atoms with van der Waals surface area (Å²) in [6, 6.07) is 0. The first-order valence-electron chi connectivity index (χ1n) is 7.04. The lowest BCUT2D eigenvalue weighted by molar-refractivity contribution is -0.174. The van der Waals surface area contributed by atoms with E-state index in [1.54, 1.807) is 4.90 Å². The number of carbonyl (C=O) groups is 2. The van der Waals surface area contributed by atoms with Crippen molar-refractivity contribution in [3.63, 3.8) is 0 Å². The number of hydrogen-bond acceptors (Lipinski definition) is 3. The van der Waals surface area contributed by atoms with Crippen LogP contribution < -0.4 is 0 Å². The molecular formula is C14H23NO4. The first-order valence-corrected chi connectivity index (χ1v) is 7.04. The Morgan fingerprint density at radius 2 is 2.05 bits per heavy atom. The molecule has 5 heteroatoms. The van der Waals surface area contributed by atoms with Crippen LogP contribution in [0, 0.1) is 10.8 Å². The van der Waals surface area contributed by atoms with E-state index >= 15 is 0 Å². The van der Waals surface area contributed by atoms with Crippen molar-refractivity contribution in [3.8, 4) is 0 Å². The Kier molecular flexibility index (Phi) is 3.85. The Morgan fingerprint density at radius 3 is 2.53 bits per heavy atom. The second-order valence-electron chi connectivity index (χ2n) is 6.22. The molecule has 0 unspecified atom stereocenters. The van der Waals surface area contributed by atoms with Gasteiger partial charge in [0.1, 0.15) is 0 Å². The molecule has 1 atom stereocenters. The van der Waals surface area contributed by atoms with E-state index in [0.29, 0.717) is 39.1 Å². The van der Waals surface area contributed by atoms with E-state index in [1.165, 1.54) is 0 Å². The second-order valence-corrected chi connectivity index (χ2v) is 6.22. The van der Waals surface area contributed by atoms with E-state index in [1.807, 2.05) is 13.8 Å². The maximum absolute atomic E-state index is 12.5. The summed E-state index contributed by atoms with van der Waals surface area (Å²) in [6.07, 6.45) is 2.91. The molecule has 0 aliphatic carbocycles. The van der Waals surface area contributed by atoms with Gasteiger partial charge < -0.3 is 14.7 Å². The molecule has 0 bridgehead atoms. The topological polar surface area (TPSA) is 66.8 Å². The van der Waals surface area contributed by atoms with Gasteiger partial charge in [0.2, 0.25) is 5.91 Å². The van der Waals surface area contributed by atoms with Gasteiger partial charge in [-0.15, -0.1) is 0 Å². The maximum Gasteiger partial charge on any atom is 0.311 e. The Morgan fingerprint density at radius 1 is 1.37 bits per heavy atom. The van der Waals surface area contributed by atoms with E-state index in [9.17, 15) is 14.7 Å². The van der Waals surface area contributed by atoms with Crippen LogP contribution in [0.2, 0.25) is 0 Å². The van der Waals surface area contributed by atoms with Crippen molar-refractivity contribution in [2.45, 2.75) is 39.5 Å². The number of carbonyl (C=O) groups excluding carboxylic acids is 1. The molecule has 2 rings (SSSR count). The number of ether oxygens (including phenoxy) is 1. The summed E-state index contributed by atoms with van der Waals surface area (Å²) >= 11 is 0. The molecule has 0 radical (unpaired) electrons. The monoisotopic (exact) mass is 269 g/mol. The van der Waals surface area contributed by atoms with E-state index in [-0.39, 0.29) is 5.91 Å². The van der Waals surface area contributed by atoms with Crippen molar-refractivity contribution < 1.29 is 19.4 Å². The van der Waals surface area contributed by atoms with Gasteiger partial charge in [-0.1, -0.05) is 13.3 Å². The summed E-state index contributed by atoms with van der Waals surface area (Å²) in [5.74, 6) is -0.706. The number of rotatable bonds is 4. The van der Waals surface area contributed by atoms with Crippen molar-refractivity contribution in [1.82, 2.24) is 4.90 Å². The molecule has 0 saturated carbocycles. The third-order valence-corrected chi connectivity index (χ3v) is 4.40. The summed E-state index contributed by atoms with van der Waals surface area (Å²) in [5, 5.41) is 9.53. The van der Waals surface area contributed by atoms with Gasteiger partial charge in [-0.05, 0) is 26.2 Å². The second kappa shape index (κ2) is 5.12. The number of carboxylic acids is 1. The molecule has 1 amide bonds. The Hall–Kier alpha value is -1.10. The fourth-order valence-corrected chi connectivity index (χ4v) is 3.18. The summed E-state index contributed by atoms with van der Waals surface area (Å²) in [5.41, 5.74) is -1.18. The largest absolute Gasteiger partial charge is 0.481 e. The third kappa shape index (κ3) is 2.48. The SMILES string of the molecule is CCC[C@]1(C(=O)O)CCCN(C(=O)C2(C)COC2)C1. The van der Waals surface area contributed by atoms with E-state index in [2.05, 4.69) is 0 Å². The van der Waals surface area contributed by atoms with Crippen molar-refractivity contribution in [2.24, 2.45) is 10.8 Å². The van der Waals surface area contributed by atoms with Crippen molar-refractivity contribution >= 4 is 11.9 Å². The molecule has 2 heterocycles. The van der Waals surface area contributed by atoms with Gasteiger partial charge in [-0.25, -0.2) is 0 Å². The van der Waals surface area contributed by atoms with Crippen LogP contribution in [-0.4, -0.2) is 48.2 Å². The molecular weight excluding hydrogens is 246 g/mol. The normalized spacial score (nSPS) is 29.7. The average Bonchev–Trinajstić information content (AvgIpc) is 2.35. The Labute approximate surface area is 113 Å². The lowest BCUT2D eigenvalue weighted by atomic mass is 9.75. The van der Waals surface area contributed by atoms with E-state index < -0.39 is 16.8 Å². The quantitative estimate of drug-likeness (QED) is 0.840. The van der Waals surface area contributed by atoms with Gasteiger partial charge in [-0.3, -0.25) is 9.59 Å². The standard InChI is InChI=1S/C14H23NO4/c1-3-5-14(12(17)18)6-4-7-15(8-14)11(16)13(2)9-19-10-13/h3-10H2,1-2H3,(H,17,18)/t14-/m0/s1. The molecule has 2 aliphatic heterocycles. The molecule has 2 saturated heterocycles. The Bertz CT molecular complexity index is 374. The highest BCUT2D eigenvalue weighted by atomic mass is 16.5. The van der Waals surface area contributed by atoms with Gasteiger partial charge in [0.15, 0.2) is 0 Å². The summed E-state index contributed by atoms with van der Waals surface area (Å²) in [7, 11) is 0. The number of aliphatic carboxylic acids is 1. The van der Waals surface area contributed by atoms with Gasteiger partial charge in [0.05, 0.1) is 24.0 Å². The number of carboxylic acid groups (broad SMARTS) is 1. The van der Waals surface area contributed by atoms with Gasteiger partial charge in [0.25, 0.3) is 0 Å². The third-order valence-electron chi connectivity index (χ3n) is 4.40. The minimum Gasteiger partial charge on any atom is -0.481 e. The van der Waals surface area contributed by atoms with Crippen LogP contribution in [0.5, 0.6) is 0 Å². The fraction of sp³-hybridized carbons (Fsp3) is 0.857. The van der Waals surface area contributed by atoms with Crippen LogP contribution in [0.3, 0.4) is 0 Å². The van der Waals surface area contributed by atoms with Crippen LogP contribution in [-0.2, 0) is 14.3 Å². The van der Waals surface area contributed by atoms with Gasteiger partial charge in [-0.2, -0.15) is 0 Å². The molecule has 0 aromatic heterocycles. The van der Waals surface area contributed by atoms with E-state index in [0.717, 1.165) is 12.8 Å². The van der Waals surface area contributed by atoms with Crippen LogP contribution in [0.4, 0.5) is 0 Å². The maximum atomic E-state index is 12.5. The number of piperidine rings is 1. The summed E-state index contributed by atoms with van der Waals surface area (Å²) in [6.45, 7) is 5.83. The molecule has 0 aromatic carbocycles. The zero-order valence-corrected chi connectivity index (χ0v) is 11.8. The molecule has 1 N–H and O–H groups in total. The first-order chi connectivity index (χ1) is 8.93. The lowest BCUT2D eigenvalue weighted by Gasteiger charge is -2.45. The zero-order chi connectivity index (χ0) is 14.1. The smallest absolute Gasteiger partial charge is 0.311 e. The molecule has 2 fully saturated rings. The fourth-order valence-electron chi connectivity index (χ4n) is 3.18. The van der Waals surface area contributed by atoms with E-state index in [4.69, 9.17) is 4.74 Å². The van der Waals surface area contributed by atoms with Crippen LogP contribution >= 0.6 is 0 Å². The van der Waals surface area contributed by atoms with Crippen LogP contribution in [0.1, 0.15) is 39.5 Å². The van der Waals surface area contributed by atoms with Gasteiger partial charge >= 0.3 is 5.97 Å². The number of nitrogens with zero attached hydrogens (tertiary/aromatic N) is 1. The van der Waals surface area contributed by atoms with Crippen molar-refractivity contribution in [1.29, 1.82) is 0 Å². The minimum absolute atomic E-state index is 0.0557. The van der Waals surface area contributed by atoms with Crippen molar-refractivity contribution in [2.75, 3.05) is 26.3 Å². The first kappa shape index (κ1) is 14.3. The van der Waals surface area contributed by atoms with Gasteiger partial charge in [0, 0.05) is 13.1 Å². The molecule has 2 aliphatic rings. The molecule has 0 aromatic rings.